The fraction of sp³-hybridized carbons (Fsp3) is 0.941. The van der Waals surface area contributed by atoms with Crippen molar-refractivity contribution in [2.24, 2.45) is 5.92 Å². The largest absolute Gasteiger partial charge is 0.444 e. The molecule has 0 aromatic carbocycles. The van der Waals surface area contributed by atoms with Crippen LogP contribution in [0.1, 0.15) is 67.2 Å². The maximum atomic E-state index is 12.2. The van der Waals surface area contributed by atoms with E-state index in [-0.39, 0.29) is 12.1 Å². The van der Waals surface area contributed by atoms with Crippen LogP contribution in [0.4, 0.5) is 4.79 Å². The minimum absolute atomic E-state index is 0.160. The zero-order valence-electron chi connectivity index (χ0n) is 14.7. The highest BCUT2D eigenvalue weighted by Crippen LogP contribution is 2.23. The van der Waals surface area contributed by atoms with Crippen LogP contribution in [0.25, 0.3) is 0 Å². The molecule has 0 atom stereocenters. The molecule has 1 fully saturated rings. The van der Waals surface area contributed by atoms with Gasteiger partial charge < -0.3 is 15.0 Å². The zero-order chi connectivity index (χ0) is 16.0. The van der Waals surface area contributed by atoms with Crippen LogP contribution in [0.2, 0.25) is 0 Å². The zero-order valence-corrected chi connectivity index (χ0v) is 14.7. The fourth-order valence-electron chi connectivity index (χ4n) is 2.73. The first-order valence-corrected chi connectivity index (χ1v) is 8.42. The minimum Gasteiger partial charge on any atom is -0.444 e. The van der Waals surface area contributed by atoms with Crippen LogP contribution in [0.3, 0.4) is 0 Å². The highest BCUT2D eigenvalue weighted by Gasteiger charge is 2.24. The first-order chi connectivity index (χ1) is 9.69. The van der Waals surface area contributed by atoms with Gasteiger partial charge in [-0.2, -0.15) is 0 Å². The average Bonchev–Trinajstić information content (AvgIpc) is 2.34. The van der Waals surface area contributed by atoms with E-state index in [1.165, 1.54) is 25.7 Å². The molecule has 1 aliphatic carbocycles. The summed E-state index contributed by atoms with van der Waals surface area (Å²) < 4.78 is 5.48. The Balaban J connectivity index is 2.36. The van der Waals surface area contributed by atoms with Gasteiger partial charge in [-0.05, 0) is 66.2 Å². The number of hydrogen-bond acceptors (Lipinski definition) is 3. The smallest absolute Gasteiger partial charge is 0.410 e. The number of hydrogen-bond donors (Lipinski definition) is 1. The molecular weight excluding hydrogens is 264 g/mol. The molecule has 21 heavy (non-hydrogen) atoms. The van der Waals surface area contributed by atoms with Gasteiger partial charge in [0.25, 0.3) is 0 Å². The van der Waals surface area contributed by atoms with Crippen LogP contribution in [0.15, 0.2) is 0 Å². The van der Waals surface area contributed by atoms with Gasteiger partial charge in [-0.15, -0.1) is 0 Å². The van der Waals surface area contributed by atoms with Gasteiger partial charge in [0.2, 0.25) is 0 Å². The summed E-state index contributed by atoms with van der Waals surface area (Å²) >= 11 is 0. The summed E-state index contributed by atoms with van der Waals surface area (Å²) in [4.78, 5) is 14.0. The summed E-state index contributed by atoms with van der Waals surface area (Å²) in [5, 5.41) is 3.60. The van der Waals surface area contributed by atoms with E-state index in [2.05, 4.69) is 12.2 Å². The van der Waals surface area contributed by atoms with Crippen molar-refractivity contribution < 1.29 is 9.53 Å². The van der Waals surface area contributed by atoms with Gasteiger partial charge in [0.1, 0.15) is 5.60 Å². The van der Waals surface area contributed by atoms with Crippen LogP contribution < -0.4 is 5.32 Å². The number of nitrogens with one attached hydrogen (secondary N) is 1. The van der Waals surface area contributed by atoms with Crippen molar-refractivity contribution >= 4 is 6.09 Å². The van der Waals surface area contributed by atoms with Crippen molar-refractivity contribution in [3.63, 3.8) is 0 Å². The summed E-state index contributed by atoms with van der Waals surface area (Å²) in [6.45, 7) is 13.7. The highest BCUT2D eigenvalue weighted by molar-refractivity contribution is 5.68. The molecule has 0 spiro atoms. The normalized spacial score (nSPS) is 23.2. The van der Waals surface area contributed by atoms with Gasteiger partial charge in [0, 0.05) is 25.2 Å². The van der Waals surface area contributed by atoms with Crippen molar-refractivity contribution in [3.05, 3.63) is 0 Å². The van der Waals surface area contributed by atoms with E-state index in [9.17, 15) is 4.79 Å². The Kier molecular flexibility index (Phi) is 6.98. The summed E-state index contributed by atoms with van der Waals surface area (Å²) in [6, 6.07) is 0.780. The van der Waals surface area contributed by atoms with Gasteiger partial charge in [-0.1, -0.05) is 6.92 Å². The first-order valence-electron chi connectivity index (χ1n) is 8.42. The molecule has 0 bridgehead atoms. The number of carbonyl (C=O) groups is 1. The molecule has 1 aliphatic rings. The summed E-state index contributed by atoms with van der Waals surface area (Å²) in [5.41, 5.74) is -0.433. The molecule has 0 aromatic rings. The quantitative estimate of drug-likeness (QED) is 0.839. The van der Waals surface area contributed by atoms with Gasteiger partial charge in [-0.3, -0.25) is 0 Å². The molecule has 1 amide bonds. The lowest BCUT2D eigenvalue weighted by Gasteiger charge is -2.32. The lowest BCUT2D eigenvalue weighted by atomic mass is 9.87. The monoisotopic (exact) mass is 298 g/mol. The average molecular weight is 298 g/mol. The predicted octanol–water partition coefficient (Wildman–Crippen LogP) is 3.80. The molecule has 0 saturated heterocycles. The Morgan fingerprint density at radius 1 is 1.24 bits per heavy atom. The molecule has 4 nitrogen and oxygen atoms in total. The van der Waals surface area contributed by atoms with E-state index < -0.39 is 5.60 Å². The van der Waals surface area contributed by atoms with E-state index in [0.29, 0.717) is 12.6 Å². The SMILES string of the molecule is CC1CCC(NCCN(C(=O)OC(C)(C)C)C(C)C)CC1. The second kappa shape index (κ2) is 8.02. The van der Waals surface area contributed by atoms with Gasteiger partial charge in [-0.25, -0.2) is 4.79 Å². The second-order valence-electron chi connectivity index (χ2n) is 7.68. The molecular formula is C17H34N2O2. The van der Waals surface area contributed by atoms with Gasteiger partial charge >= 0.3 is 6.09 Å². The topological polar surface area (TPSA) is 41.6 Å². The Hall–Kier alpha value is -0.770. The van der Waals surface area contributed by atoms with E-state index in [4.69, 9.17) is 4.74 Å². The number of carbonyl (C=O) groups excluding carboxylic acids is 1. The maximum Gasteiger partial charge on any atom is 0.410 e. The highest BCUT2D eigenvalue weighted by atomic mass is 16.6. The number of amides is 1. The lowest BCUT2D eigenvalue weighted by Crippen LogP contribution is -2.45. The molecule has 0 radical (unpaired) electrons. The van der Waals surface area contributed by atoms with Crippen LogP contribution in [0, 0.1) is 5.92 Å². The van der Waals surface area contributed by atoms with Crippen LogP contribution in [-0.4, -0.2) is 41.8 Å². The van der Waals surface area contributed by atoms with E-state index in [1.54, 1.807) is 0 Å². The van der Waals surface area contributed by atoms with E-state index in [0.717, 1.165) is 12.5 Å². The number of rotatable bonds is 5. The van der Waals surface area contributed by atoms with E-state index in [1.807, 2.05) is 39.5 Å². The molecule has 1 N–H and O–H groups in total. The van der Waals surface area contributed by atoms with Crippen LogP contribution in [0.5, 0.6) is 0 Å². The van der Waals surface area contributed by atoms with Crippen molar-refractivity contribution in [2.75, 3.05) is 13.1 Å². The molecule has 0 heterocycles. The van der Waals surface area contributed by atoms with Crippen molar-refractivity contribution in [2.45, 2.75) is 84.9 Å². The van der Waals surface area contributed by atoms with Crippen LogP contribution in [-0.2, 0) is 4.74 Å². The Labute approximate surface area is 130 Å². The van der Waals surface area contributed by atoms with Crippen molar-refractivity contribution in [1.82, 2.24) is 10.2 Å². The Morgan fingerprint density at radius 3 is 2.29 bits per heavy atom. The maximum absolute atomic E-state index is 12.2. The second-order valence-corrected chi connectivity index (χ2v) is 7.68. The fourth-order valence-corrected chi connectivity index (χ4v) is 2.73. The molecule has 124 valence electrons. The Morgan fingerprint density at radius 2 is 1.81 bits per heavy atom. The van der Waals surface area contributed by atoms with E-state index >= 15 is 0 Å². The third-order valence-electron chi connectivity index (χ3n) is 4.05. The molecule has 1 rings (SSSR count). The molecule has 4 heteroatoms. The molecule has 0 aromatic heterocycles. The standard InChI is InChI=1S/C17H34N2O2/c1-13(2)19(16(20)21-17(4,5)6)12-11-18-15-9-7-14(3)8-10-15/h13-15,18H,7-12H2,1-6H3. The molecule has 0 unspecified atom stereocenters. The summed E-state index contributed by atoms with van der Waals surface area (Å²) in [7, 11) is 0. The predicted molar refractivity (Wildman–Crippen MR) is 87.5 cm³/mol. The van der Waals surface area contributed by atoms with Gasteiger partial charge in [0.15, 0.2) is 0 Å². The lowest BCUT2D eigenvalue weighted by molar-refractivity contribution is 0.0191. The first kappa shape index (κ1) is 18.3. The third kappa shape index (κ3) is 7.16. The van der Waals surface area contributed by atoms with Gasteiger partial charge in [0.05, 0.1) is 0 Å². The summed E-state index contributed by atoms with van der Waals surface area (Å²) in [5.74, 6) is 0.872. The van der Waals surface area contributed by atoms with Crippen molar-refractivity contribution in [1.29, 1.82) is 0 Å². The van der Waals surface area contributed by atoms with Crippen molar-refractivity contribution in [3.8, 4) is 0 Å². The minimum atomic E-state index is -0.433. The third-order valence-corrected chi connectivity index (χ3v) is 4.05. The molecule has 0 aliphatic heterocycles. The van der Waals surface area contributed by atoms with Crippen LogP contribution >= 0.6 is 0 Å². The Bertz CT molecular complexity index is 315. The molecule has 1 saturated carbocycles. The summed E-state index contributed by atoms with van der Waals surface area (Å²) in [6.07, 6.45) is 4.94. The number of nitrogens with zero attached hydrogens (tertiary/aromatic N) is 1. The number of ether oxygens (including phenoxy) is 1.